The molecule has 0 saturated carbocycles. The summed E-state index contributed by atoms with van der Waals surface area (Å²) >= 11 is 0. The predicted molar refractivity (Wildman–Crippen MR) is 68.6 cm³/mol. The second-order valence-corrected chi connectivity index (χ2v) is 4.89. The number of nitrogens with one attached hydrogen (secondary N) is 1. The molecule has 0 bridgehead atoms. The van der Waals surface area contributed by atoms with Crippen molar-refractivity contribution in [2.24, 2.45) is 0 Å². The first kappa shape index (κ1) is 17.7. The highest BCUT2D eigenvalue weighted by molar-refractivity contribution is 4.90. The predicted octanol–water partition coefficient (Wildman–Crippen LogP) is -2.49. The Morgan fingerprint density at radius 1 is 1.15 bits per heavy atom. The average molecular weight is 295 g/mol. The summed E-state index contributed by atoms with van der Waals surface area (Å²) < 4.78 is 9.98. The molecule has 120 valence electrons. The van der Waals surface area contributed by atoms with Crippen LogP contribution < -0.4 is 5.32 Å². The maximum absolute atomic E-state index is 9.76. The monoisotopic (exact) mass is 295 g/mol. The summed E-state index contributed by atoms with van der Waals surface area (Å²) in [6, 6.07) is 0. The van der Waals surface area contributed by atoms with Crippen LogP contribution >= 0.6 is 0 Å². The number of unbranched alkanes of at least 4 members (excludes halogenated alkanes) is 1. The molecule has 1 fully saturated rings. The summed E-state index contributed by atoms with van der Waals surface area (Å²) in [4.78, 5) is 0. The number of hydrogen-bond acceptors (Lipinski definition) is 8. The molecule has 6 unspecified atom stereocenters. The van der Waals surface area contributed by atoms with E-state index in [-0.39, 0.29) is 0 Å². The first-order valence-electron chi connectivity index (χ1n) is 6.76. The molecule has 1 heterocycles. The number of ether oxygens (including phenoxy) is 2. The van der Waals surface area contributed by atoms with Gasteiger partial charge in [-0.3, -0.25) is 5.32 Å². The summed E-state index contributed by atoms with van der Waals surface area (Å²) in [5.41, 5.74) is 0. The largest absolute Gasteiger partial charge is 0.394 e. The zero-order chi connectivity index (χ0) is 15.1. The fourth-order valence-corrected chi connectivity index (χ4v) is 2.08. The third-order valence-corrected chi connectivity index (χ3v) is 3.39. The van der Waals surface area contributed by atoms with E-state index in [0.717, 1.165) is 12.8 Å². The number of rotatable bonds is 8. The Kier molecular flexibility index (Phi) is 7.85. The lowest BCUT2D eigenvalue weighted by Crippen LogP contribution is -2.62. The number of aliphatic hydroxyl groups excluding tert-OH is 5. The van der Waals surface area contributed by atoms with E-state index in [1.165, 1.54) is 7.11 Å². The highest BCUT2D eigenvalue weighted by Crippen LogP contribution is 2.19. The molecule has 1 aliphatic heterocycles. The van der Waals surface area contributed by atoms with Crippen molar-refractivity contribution in [3.63, 3.8) is 0 Å². The molecular weight excluding hydrogens is 270 g/mol. The summed E-state index contributed by atoms with van der Waals surface area (Å²) in [6.07, 6.45) is -4.56. The van der Waals surface area contributed by atoms with Gasteiger partial charge < -0.3 is 35.0 Å². The van der Waals surface area contributed by atoms with Gasteiger partial charge in [-0.05, 0) is 25.8 Å². The summed E-state index contributed by atoms with van der Waals surface area (Å²) in [6.45, 7) is 0.0578. The van der Waals surface area contributed by atoms with E-state index in [2.05, 4.69) is 5.32 Å². The van der Waals surface area contributed by atoms with Gasteiger partial charge in [0, 0.05) is 7.11 Å². The Balaban J connectivity index is 2.28. The van der Waals surface area contributed by atoms with Gasteiger partial charge in [0.15, 0.2) is 6.29 Å². The first-order valence-corrected chi connectivity index (χ1v) is 6.76. The molecule has 1 aliphatic rings. The van der Waals surface area contributed by atoms with Crippen molar-refractivity contribution in [3.8, 4) is 0 Å². The molecule has 0 aromatic heterocycles. The number of hydrogen-bond donors (Lipinski definition) is 6. The Labute approximate surface area is 117 Å². The summed E-state index contributed by atoms with van der Waals surface area (Å²) in [5.74, 6) is 0. The van der Waals surface area contributed by atoms with Gasteiger partial charge in [-0.1, -0.05) is 0 Å². The standard InChI is InChI=1S/C12H25NO7/c1-19-8(15)4-2-3-5-13-12-11(18)10(17)9(16)7(6-14)20-12/h7-18H,2-6H2,1H3. The van der Waals surface area contributed by atoms with E-state index >= 15 is 0 Å². The Hall–Kier alpha value is -0.320. The van der Waals surface area contributed by atoms with Crippen LogP contribution in [0.5, 0.6) is 0 Å². The average Bonchev–Trinajstić information content (AvgIpc) is 2.46. The molecular formula is C12H25NO7. The molecule has 0 aromatic carbocycles. The van der Waals surface area contributed by atoms with E-state index in [9.17, 15) is 20.4 Å². The van der Waals surface area contributed by atoms with Gasteiger partial charge in [0.25, 0.3) is 0 Å². The molecule has 0 amide bonds. The normalized spacial score (nSPS) is 36.0. The van der Waals surface area contributed by atoms with Crippen molar-refractivity contribution < 1.29 is 35.0 Å². The van der Waals surface area contributed by atoms with Crippen molar-refractivity contribution >= 4 is 0 Å². The topological polar surface area (TPSA) is 132 Å². The highest BCUT2D eigenvalue weighted by Gasteiger charge is 2.42. The molecule has 1 saturated heterocycles. The van der Waals surface area contributed by atoms with Gasteiger partial charge in [0.1, 0.15) is 30.6 Å². The van der Waals surface area contributed by atoms with E-state index in [1.807, 2.05) is 0 Å². The zero-order valence-corrected chi connectivity index (χ0v) is 11.6. The van der Waals surface area contributed by atoms with Crippen LogP contribution in [0.1, 0.15) is 19.3 Å². The maximum Gasteiger partial charge on any atom is 0.154 e. The van der Waals surface area contributed by atoms with Gasteiger partial charge in [-0.15, -0.1) is 0 Å². The van der Waals surface area contributed by atoms with Crippen LogP contribution in [-0.2, 0) is 9.47 Å². The van der Waals surface area contributed by atoms with E-state index in [0.29, 0.717) is 13.0 Å². The lowest BCUT2D eigenvalue weighted by Gasteiger charge is -2.40. The Bertz CT molecular complexity index is 266. The van der Waals surface area contributed by atoms with Gasteiger partial charge >= 0.3 is 0 Å². The second kappa shape index (κ2) is 8.85. The smallest absolute Gasteiger partial charge is 0.154 e. The molecule has 8 heteroatoms. The van der Waals surface area contributed by atoms with Crippen LogP contribution in [0.15, 0.2) is 0 Å². The van der Waals surface area contributed by atoms with Crippen molar-refractivity contribution in [2.75, 3.05) is 20.3 Å². The van der Waals surface area contributed by atoms with Crippen LogP contribution in [-0.4, -0.2) is 82.7 Å². The third kappa shape index (κ3) is 4.90. The van der Waals surface area contributed by atoms with Gasteiger partial charge in [-0.2, -0.15) is 0 Å². The second-order valence-electron chi connectivity index (χ2n) is 4.89. The Morgan fingerprint density at radius 3 is 2.45 bits per heavy atom. The lowest BCUT2D eigenvalue weighted by molar-refractivity contribution is -0.236. The Morgan fingerprint density at radius 2 is 1.85 bits per heavy atom. The number of methoxy groups -OCH3 is 1. The lowest BCUT2D eigenvalue weighted by atomic mass is 9.98. The molecule has 6 atom stereocenters. The molecule has 1 rings (SSSR count). The molecule has 0 aromatic rings. The summed E-state index contributed by atoms with van der Waals surface area (Å²) in [5, 5.41) is 50.1. The fraction of sp³-hybridized carbons (Fsp3) is 1.00. The number of aliphatic hydroxyl groups is 5. The van der Waals surface area contributed by atoms with Gasteiger partial charge in [0.2, 0.25) is 0 Å². The molecule has 20 heavy (non-hydrogen) atoms. The van der Waals surface area contributed by atoms with Crippen LogP contribution in [0.2, 0.25) is 0 Å². The zero-order valence-electron chi connectivity index (χ0n) is 11.6. The maximum atomic E-state index is 9.76. The quantitative estimate of drug-likeness (QED) is 0.214. The summed E-state index contributed by atoms with van der Waals surface area (Å²) in [7, 11) is 1.43. The van der Waals surface area contributed by atoms with Gasteiger partial charge in [0.05, 0.1) is 6.61 Å². The van der Waals surface area contributed by atoms with Crippen molar-refractivity contribution in [3.05, 3.63) is 0 Å². The van der Waals surface area contributed by atoms with Crippen molar-refractivity contribution in [1.29, 1.82) is 0 Å². The minimum absolute atomic E-state index is 0.441. The van der Waals surface area contributed by atoms with Crippen molar-refractivity contribution in [2.45, 2.75) is 56.2 Å². The van der Waals surface area contributed by atoms with Crippen LogP contribution in [0.4, 0.5) is 0 Å². The van der Waals surface area contributed by atoms with Crippen LogP contribution in [0.25, 0.3) is 0 Å². The van der Waals surface area contributed by atoms with Crippen LogP contribution in [0, 0.1) is 0 Å². The van der Waals surface area contributed by atoms with Crippen LogP contribution in [0.3, 0.4) is 0 Å². The van der Waals surface area contributed by atoms with E-state index < -0.39 is 43.5 Å². The fourth-order valence-electron chi connectivity index (χ4n) is 2.08. The minimum atomic E-state index is -1.37. The van der Waals surface area contributed by atoms with E-state index in [1.54, 1.807) is 0 Å². The minimum Gasteiger partial charge on any atom is -0.394 e. The SMILES string of the molecule is COC(O)CCCCNC1OC(CO)C(O)C(O)C1O. The first-order chi connectivity index (χ1) is 9.51. The van der Waals surface area contributed by atoms with Gasteiger partial charge in [-0.25, -0.2) is 0 Å². The van der Waals surface area contributed by atoms with E-state index in [4.69, 9.17) is 14.6 Å². The molecule has 0 aliphatic carbocycles. The molecule has 8 nitrogen and oxygen atoms in total. The third-order valence-electron chi connectivity index (χ3n) is 3.39. The van der Waals surface area contributed by atoms with Crippen molar-refractivity contribution in [1.82, 2.24) is 5.32 Å². The molecule has 6 N–H and O–H groups in total. The highest BCUT2D eigenvalue weighted by atomic mass is 16.6. The molecule has 0 spiro atoms. The molecule has 0 radical (unpaired) electrons.